The van der Waals surface area contributed by atoms with E-state index in [4.69, 9.17) is 68.7 Å². The molecule has 0 aliphatic heterocycles. The van der Waals surface area contributed by atoms with Crippen LogP contribution in [0.25, 0.3) is 33.5 Å². The lowest BCUT2D eigenvalue weighted by atomic mass is 10.1. The molecule has 0 saturated carbocycles. The highest BCUT2D eigenvalue weighted by Gasteiger charge is 2.25. The van der Waals surface area contributed by atoms with Crippen LogP contribution in [0.2, 0.25) is 15.1 Å². The summed E-state index contributed by atoms with van der Waals surface area (Å²) in [6.07, 6.45) is 1.74. The van der Waals surface area contributed by atoms with Crippen molar-refractivity contribution in [1.29, 1.82) is 0 Å². The lowest BCUT2D eigenvalue weighted by molar-refractivity contribution is 0.0858. The van der Waals surface area contributed by atoms with E-state index in [2.05, 4.69) is 30.9 Å². The van der Waals surface area contributed by atoms with Crippen molar-refractivity contribution >= 4 is 84.2 Å². The van der Waals surface area contributed by atoms with Crippen molar-refractivity contribution < 1.29 is 33.9 Å². The second kappa shape index (κ2) is 38.7. The lowest BCUT2D eigenvalue weighted by Gasteiger charge is -2.12. The Bertz CT molecular complexity index is 5130. The van der Waals surface area contributed by atoms with Gasteiger partial charge in [-0.1, -0.05) is 175 Å². The van der Waals surface area contributed by atoms with Crippen LogP contribution in [0.15, 0.2) is 179 Å². The van der Waals surface area contributed by atoms with E-state index in [0.29, 0.717) is 75.9 Å². The van der Waals surface area contributed by atoms with Crippen molar-refractivity contribution in [1.82, 2.24) is 56.1 Å². The lowest BCUT2D eigenvalue weighted by Crippen LogP contribution is -2.40. The van der Waals surface area contributed by atoms with Crippen LogP contribution in [-0.4, -0.2) is 113 Å². The molecule has 0 radical (unpaired) electrons. The largest absolute Gasteiger partial charge is 0.460 e. The first-order chi connectivity index (χ1) is 51.0. The molecule has 0 amide bonds. The van der Waals surface area contributed by atoms with Gasteiger partial charge in [0.25, 0.3) is 28.7 Å². The Hall–Kier alpha value is -9.48. The Labute approximate surface area is 634 Å². The molecule has 0 atom stereocenters. The van der Waals surface area contributed by atoms with E-state index in [9.17, 15) is 28.8 Å². The van der Waals surface area contributed by atoms with Crippen LogP contribution in [0.5, 0.6) is 12.0 Å². The van der Waals surface area contributed by atoms with Gasteiger partial charge in [-0.15, -0.1) is 0 Å². The van der Waals surface area contributed by atoms with Crippen molar-refractivity contribution in [3.05, 3.63) is 278 Å². The molecule has 6 aromatic carbocycles. The quantitative estimate of drug-likeness (QED) is 0.0341. The molecule has 2 N–H and O–H groups in total. The summed E-state index contributed by atoms with van der Waals surface area (Å²) in [7, 11) is 4.79. The van der Waals surface area contributed by atoms with Gasteiger partial charge >= 0.3 is 17.1 Å². The summed E-state index contributed by atoms with van der Waals surface area (Å²) >= 11 is 21.5. The number of nitrogens with zero attached hydrogens (tertiary/aromatic N) is 12. The molecule has 0 aliphatic rings. The monoisotopic (exact) mass is 1570 g/mol. The van der Waals surface area contributed by atoms with Crippen LogP contribution in [0.4, 0.5) is 0 Å². The molecule has 0 bridgehead atoms. The number of aliphatic hydroxyl groups is 2. The van der Waals surface area contributed by atoms with E-state index in [1.54, 1.807) is 71.2 Å². The Morgan fingerprint density at radius 3 is 1.05 bits per heavy atom. The Morgan fingerprint density at radius 2 is 0.717 bits per heavy atom. The van der Waals surface area contributed by atoms with Gasteiger partial charge in [0, 0.05) is 49.4 Å². The first kappa shape index (κ1) is 80.6. The molecule has 0 fully saturated rings. The minimum Gasteiger partial charge on any atom is -0.460 e. The van der Waals surface area contributed by atoms with Crippen molar-refractivity contribution in [2.45, 2.75) is 107 Å². The minimum absolute atomic E-state index is 0.0487. The smallest absolute Gasteiger partial charge is 0.332 e. The van der Waals surface area contributed by atoms with Gasteiger partial charge in [0.1, 0.15) is 13.2 Å². The third-order valence-electron chi connectivity index (χ3n) is 16.8. The zero-order valence-electron chi connectivity index (χ0n) is 60.3. The summed E-state index contributed by atoms with van der Waals surface area (Å²) < 4.78 is 41.7. The van der Waals surface area contributed by atoms with Gasteiger partial charge < -0.3 is 38.5 Å². The molecule has 0 spiro atoms. The molecule has 25 nitrogen and oxygen atoms in total. The Kier molecular flexibility index (Phi) is 29.4. The van der Waals surface area contributed by atoms with E-state index >= 15 is 0 Å². The number of hydrogen-bond acceptors (Lipinski definition) is 16. The molecule has 6 aromatic heterocycles. The van der Waals surface area contributed by atoms with Gasteiger partial charge in [-0.05, 0) is 119 Å². The molecule has 106 heavy (non-hydrogen) atoms. The predicted molar refractivity (Wildman–Crippen MR) is 415 cm³/mol. The normalized spacial score (nSPS) is 11.2. The summed E-state index contributed by atoms with van der Waals surface area (Å²) in [5.41, 5.74) is 8.27. The second-order valence-corrected chi connectivity index (χ2v) is 27.0. The molecule has 12 rings (SSSR count). The maximum atomic E-state index is 13.5. The molecule has 12 aromatic rings. The fourth-order valence-electron chi connectivity index (χ4n) is 11.5. The highest BCUT2D eigenvalue weighted by atomic mass is 79.9. The number of halogens is 4. The van der Waals surface area contributed by atoms with Crippen molar-refractivity contribution in [3.63, 3.8) is 0 Å². The van der Waals surface area contributed by atoms with Crippen LogP contribution in [0.1, 0.15) is 76.8 Å². The summed E-state index contributed by atoms with van der Waals surface area (Å²) in [6.45, 7) is 14.0. The van der Waals surface area contributed by atoms with E-state index in [-0.39, 0.29) is 100 Å². The molecular formula is C77H86BrCl3N12O13. The van der Waals surface area contributed by atoms with Gasteiger partial charge in [-0.3, -0.25) is 50.9 Å². The van der Waals surface area contributed by atoms with E-state index in [0.717, 1.165) is 61.9 Å². The van der Waals surface area contributed by atoms with E-state index in [1.807, 2.05) is 144 Å². The van der Waals surface area contributed by atoms with Gasteiger partial charge in [0.15, 0.2) is 38.2 Å². The van der Waals surface area contributed by atoms with Crippen LogP contribution in [-0.2, 0) is 94.4 Å². The van der Waals surface area contributed by atoms with Gasteiger partial charge in [-0.2, -0.15) is 9.97 Å². The van der Waals surface area contributed by atoms with Crippen LogP contribution in [0, 0.1) is 20.8 Å². The van der Waals surface area contributed by atoms with E-state index in [1.165, 1.54) is 28.4 Å². The first-order valence-electron chi connectivity index (χ1n) is 34.4. The predicted octanol–water partition coefficient (Wildman–Crippen LogP) is 10.7. The number of aryl methyl sites for hydroxylation is 6. The first-order valence-corrected chi connectivity index (χ1v) is 36.3. The highest BCUT2D eigenvalue weighted by Crippen LogP contribution is 2.26. The van der Waals surface area contributed by atoms with Crippen molar-refractivity contribution in [3.8, 4) is 12.0 Å². The third kappa shape index (κ3) is 20.6. The maximum absolute atomic E-state index is 13.5. The molecule has 560 valence electrons. The number of benzene rings is 6. The molecule has 29 heteroatoms. The number of hydrogen-bond donors (Lipinski definition) is 2. The van der Waals surface area contributed by atoms with Crippen LogP contribution in [0.3, 0.4) is 0 Å². The molecule has 6 heterocycles. The number of fused-ring (bicyclic) bond motifs is 3. The molecule has 0 aliphatic carbocycles. The fraction of sp³-hybridized carbons (Fsp3) is 0.338. The zero-order valence-corrected chi connectivity index (χ0v) is 64.2. The van der Waals surface area contributed by atoms with Crippen LogP contribution < -0.4 is 43.2 Å². The Morgan fingerprint density at radius 1 is 0.396 bits per heavy atom. The number of ether oxygens (including phenoxy) is 5. The summed E-state index contributed by atoms with van der Waals surface area (Å²) in [4.78, 5) is 92.0. The van der Waals surface area contributed by atoms with Crippen LogP contribution >= 0.6 is 50.7 Å². The minimum atomic E-state index is -0.503. The topological polar surface area (TPSA) is 272 Å². The number of aromatic nitrogens is 12. The average Bonchev–Trinajstić information content (AvgIpc) is 1.58. The summed E-state index contributed by atoms with van der Waals surface area (Å²) in [5.74, 6) is 0. The number of rotatable bonds is 28. The molecule has 0 saturated heterocycles. The maximum Gasteiger partial charge on any atom is 0.332 e. The van der Waals surface area contributed by atoms with Crippen molar-refractivity contribution in [2.24, 2.45) is 21.1 Å². The molecular weight excluding hydrogens is 1490 g/mol. The highest BCUT2D eigenvalue weighted by molar-refractivity contribution is 9.10. The zero-order chi connectivity index (χ0) is 76.1. The van der Waals surface area contributed by atoms with Crippen molar-refractivity contribution in [2.75, 3.05) is 46.2 Å². The number of imidazole rings is 3. The van der Waals surface area contributed by atoms with Gasteiger partial charge in [0.2, 0.25) is 0 Å². The Balaban J connectivity index is 0.000000174. The SMILES string of the molecule is CCCOCCn1c(=O)c2c(nc(Br)n2Cc2ccc(Cl)cc2)n(C)c1=O.CCCOCCn1c(=O)c2c(nc(OCc3cccc(C)c3)n2Cc2ccc(Cl)cc2)n(C)c1=O.Cc1cccc(CO)c1.Cc1cccc(COc2nc3c(c(=O)n(CCOCCO)c(=O)n3C)n2Cc2ccc(Cl)cc2)c1. The molecule has 0 unspecified atom stereocenters. The summed E-state index contributed by atoms with van der Waals surface area (Å²) in [6, 6.07) is 46.2. The number of aliphatic hydroxyl groups excluding tert-OH is 2. The fourth-order valence-corrected chi connectivity index (χ4v) is 12.3. The third-order valence-corrected chi connectivity index (χ3v) is 18.2. The van der Waals surface area contributed by atoms with Gasteiger partial charge in [-0.25, -0.2) is 19.4 Å². The second-order valence-electron chi connectivity index (χ2n) is 25.0. The average molecular weight is 1570 g/mol. The van der Waals surface area contributed by atoms with Gasteiger partial charge in [0.05, 0.1) is 78.9 Å². The standard InChI is InChI=1S/C26H29ClN4O4.C25H27ClN4O5.C18H20BrClN4O3.C8H10O/c1-4-13-34-14-12-30-24(32)22-23(29(3)26(30)33)28-25(35-17-20-7-5-6-18(2)15-20)31(22)16-19-8-10-21(27)11-9-19;1-17-4-3-5-19(14-17)16-35-24-27-22-21(30(24)15-18-6-8-20(26)9-7-18)23(32)29(25(33)28(22)2)10-12-34-13-11-31;1-3-9-27-10-8-23-16(25)14-15(22(2)18(23)26)21-17(19)24(14)11-12-4-6-13(20)7-5-12;1-7-3-2-4-8(5-7)6-9/h5-11,15H,4,12-14,16-17H2,1-3H3;3-9,14,31H,10-13,15-16H2,1-2H3;4-7H,3,8-11H2,1-2H3;2-5,9H,6H2,1H3. The summed E-state index contributed by atoms with van der Waals surface area (Å²) in [5, 5.41) is 19.4. The van der Waals surface area contributed by atoms with E-state index < -0.39 is 28.2 Å².